The number of rotatable bonds is 4. The minimum absolute atomic E-state index is 0.193. The second-order valence-corrected chi connectivity index (χ2v) is 8.70. The van der Waals surface area contributed by atoms with Gasteiger partial charge in [0.05, 0.1) is 29.3 Å². The summed E-state index contributed by atoms with van der Waals surface area (Å²) in [7, 11) is 1.90. The first-order valence-electron chi connectivity index (χ1n) is 10.8. The fourth-order valence-corrected chi connectivity index (χ4v) is 4.32. The van der Waals surface area contributed by atoms with E-state index in [1.807, 2.05) is 25.6 Å². The summed E-state index contributed by atoms with van der Waals surface area (Å²) < 4.78 is 1.78. The third-order valence-electron chi connectivity index (χ3n) is 5.98. The van der Waals surface area contributed by atoms with Gasteiger partial charge in [0, 0.05) is 43.3 Å². The molecule has 0 saturated carbocycles. The van der Waals surface area contributed by atoms with Crippen LogP contribution < -0.4 is 10.6 Å². The van der Waals surface area contributed by atoms with Crippen LogP contribution in [-0.4, -0.2) is 49.1 Å². The number of nitrogens with zero attached hydrogens (tertiary/aromatic N) is 6. The largest absolute Gasteiger partial charge is 0.355 e. The van der Waals surface area contributed by atoms with Crippen molar-refractivity contribution in [3.05, 3.63) is 42.4 Å². The number of pyridine rings is 2. The third-order valence-corrected chi connectivity index (χ3v) is 5.98. The van der Waals surface area contributed by atoms with Gasteiger partial charge in [-0.3, -0.25) is 14.8 Å². The zero-order valence-electron chi connectivity index (χ0n) is 18.2. The van der Waals surface area contributed by atoms with Crippen molar-refractivity contribution in [1.29, 1.82) is 0 Å². The molecule has 4 aromatic heterocycles. The minimum atomic E-state index is 0.193. The van der Waals surface area contributed by atoms with Gasteiger partial charge >= 0.3 is 0 Å². The Balaban J connectivity index is 1.60. The number of nitrogens with one attached hydrogen (secondary N) is 1. The molecule has 1 saturated heterocycles. The molecule has 1 unspecified atom stereocenters. The number of piperidine rings is 1. The van der Waals surface area contributed by atoms with Gasteiger partial charge in [-0.05, 0) is 36.5 Å². The summed E-state index contributed by atoms with van der Waals surface area (Å²) >= 11 is 0. The zero-order chi connectivity index (χ0) is 21.5. The highest BCUT2D eigenvalue weighted by molar-refractivity contribution is 5.93. The maximum atomic E-state index is 6.27. The third kappa shape index (κ3) is 3.67. The van der Waals surface area contributed by atoms with Crippen molar-refractivity contribution in [2.24, 2.45) is 12.8 Å². The molecule has 1 aliphatic heterocycles. The van der Waals surface area contributed by atoms with Crippen LogP contribution in [0.1, 0.15) is 38.2 Å². The van der Waals surface area contributed by atoms with Crippen LogP contribution in [0.5, 0.6) is 0 Å². The topological polar surface area (TPSA) is 102 Å². The Kier molecular flexibility index (Phi) is 4.94. The summed E-state index contributed by atoms with van der Waals surface area (Å²) in [6.07, 6.45) is 7.77. The van der Waals surface area contributed by atoms with Crippen LogP contribution in [0.15, 0.2) is 36.8 Å². The number of fused-ring (bicyclic) bond motifs is 1. The average molecular weight is 417 g/mol. The summed E-state index contributed by atoms with van der Waals surface area (Å²) in [5.41, 5.74) is 11.9. The van der Waals surface area contributed by atoms with Crippen molar-refractivity contribution in [3.63, 3.8) is 0 Å². The number of anilines is 1. The molecule has 5 heterocycles. The van der Waals surface area contributed by atoms with Crippen LogP contribution in [0, 0.1) is 0 Å². The Morgan fingerprint density at radius 3 is 2.81 bits per heavy atom. The van der Waals surface area contributed by atoms with Crippen LogP contribution in [0.3, 0.4) is 0 Å². The van der Waals surface area contributed by atoms with E-state index in [9.17, 15) is 0 Å². The van der Waals surface area contributed by atoms with E-state index < -0.39 is 0 Å². The molecule has 0 bridgehead atoms. The van der Waals surface area contributed by atoms with E-state index in [4.69, 9.17) is 10.7 Å². The van der Waals surface area contributed by atoms with Crippen molar-refractivity contribution in [2.45, 2.75) is 38.6 Å². The molecule has 0 radical (unpaired) electrons. The van der Waals surface area contributed by atoms with Crippen molar-refractivity contribution in [1.82, 2.24) is 29.9 Å². The number of aromatic nitrogens is 6. The fraction of sp³-hybridized carbons (Fsp3) is 0.391. The zero-order valence-corrected chi connectivity index (χ0v) is 18.2. The second-order valence-electron chi connectivity index (χ2n) is 8.70. The quantitative estimate of drug-likeness (QED) is 0.528. The smallest absolute Gasteiger partial charge is 0.132 e. The number of hydrogen-bond acceptors (Lipinski definition) is 6. The van der Waals surface area contributed by atoms with Gasteiger partial charge in [0.15, 0.2) is 0 Å². The predicted molar refractivity (Wildman–Crippen MR) is 123 cm³/mol. The summed E-state index contributed by atoms with van der Waals surface area (Å²) in [5, 5.41) is 13.0. The Bertz CT molecular complexity index is 1220. The van der Waals surface area contributed by atoms with Crippen molar-refractivity contribution in [2.75, 3.05) is 18.0 Å². The number of aryl methyl sites for hydroxylation is 1. The predicted octanol–water partition coefficient (Wildman–Crippen LogP) is 3.47. The number of aromatic amines is 1. The van der Waals surface area contributed by atoms with Crippen LogP contribution >= 0.6 is 0 Å². The molecule has 3 N–H and O–H groups in total. The lowest BCUT2D eigenvalue weighted by atomic mass is 10.00. The van der Waals surface area contributed by atoms with Crippen LogP contribution in [-0.2, 0) is 7.05 Å². The molecule has 0 amide bonds. The molecule has 8 nitrogen and oxygen atoms in total. The van der Waals surface area contributed by atoms with Crippen LogP contribution in [0.2, 0.25) is 0 Å². The molecule has 160 valence electrons. The lowest BCUT2D eigenvalue weighted by Gasteiger charge is -2.33. The molecule has 0 spiro atoms. The normalized spacial score (nSPS) is 17.1. The highest BCUT2D eigenvalue weighted by atomic mass is 15.2. The highest BCUT2D eigenvalue weighted by Gasteiger charge is 2.23. The molecule has 0 aliphatic carbocycles. The molecule has 5 rings (SSSR count). The number of nitrogens with two attached hydrogens (primary N) is 1. The van der Waals surface area contributed by atoms with Gasteiger partial charge in [0.25, 0.3) is 0 Å². The fourth-order valence-electron chi connectivity index (χ4n) is 4.32. The monoisotopic (exact) mass is 416 g/mol. The molecule has 0 aromatic carbocycles. The Morgan fingerprint density at radius 2 is 2.06 bits per heavy atom. The lowest BCUT2D eigenvalue weighted by Crippen LogP contribution is -2.43. The second kappa shape index (κ2) is 7.77. The van der Waals surface area contributed by atoms with E-state index in [0.717, 1.165) is 65.3 Å². The Morgan fingerprint density at radius 1 is 1.19 bits per heavy atom. The Labute approximate surface area is 181 Å². The van der Waals surface area contributed by atoms with Crippen molar-refractivity contribution >= 4 is 16.7 Å². The minimum Gasteiger partial charge on any atom is -0.355 e. The van der Waals surface area contributed by atoms with E-state index >= 15 is 0 Å². The number of H-pyrrole nitrogens is 1. The maximum absolute atomic E-state index is 6.27. The van der Waals surface area contributed by atoms with E-state index in [2.05, 4.69) is 57.2 Å². The molecule has 1 fully saturated rings. The summed E-state index contributed by atoms with van der Waals surface area (Å²) in [6, 6.07) is 6.51. The van der Waals surface area contributed by atoms with E-state index in [0.29, 0.717) is 5.92 Å². The van der Waals surface area contributed by atoms with Gasteiger partial charge in [-0.1, -0.05) is 19.9 Å². The average Bonchev–Trinajstić information content (AvgIpc) is 3.39. The van der Waals surface area contributed by atoms with Gasteiger partial charge < -0.3 is 10.6 Å². The van der Waals surface area contributed by atoms with Gasteiger partial charge in [0.1, 0.15) is 11.5 Å². The van der Waals surface area contributed by atoms with Gasteiger partial charge in [-0.25, -0.2) is 4.98 Å². The highest BCUT2D eigenvalue weighted by Crippen LogP contribution is 2.33. The van der Waals surface area contributed by atoms with Gasteiger partial charge in [0.2, 0.25) is 0 Å². The van der Waals surface area contributed by atoms with E-state index in [1.165, 1.54) is 5.56 Å². The van der Waals surface area contributed by atoms with Gasteiger partial charge in [-0.2, -0.15) is 10.2 Å². The first-order valence-corrected chi connectivity index (χ1v) is 10.8. The molecule has 8 heteroatoms. The van der Waals surface area contributed by atoms with Crippen molar-refractivity contribution < 1.29 is 0 Å². The molecule has 1 atom stereocenters. The molecule has 31 heavy (non-hydrogen) atoms. The van der Waals surface area contributed by atoms with Crippen LogP contribution in [0.4, 0.5) is 5.82 Å². The lowest BCUT2D eigenvalue weighted by molar-refractivity contribution is 0.501. The Hall–Kier alpha value is -3.26. The summed E-state index contributed by atoms with van der Waals surface area (Å²) in [4.78, 5) is 12.0. The SMILES string of the molecule is CC(C)c1ccc(-c2n[nH]c3cnc(-c4cnn(C)c4)cc23)nc1N1CCCC(N)C1. The maximum Gasteiger partial charge on any atom is 0.132 e. The first kappa shape index (κ1) is 19.7. The summed E-state index contributed by atoms with van der Waals surface area (Å²) in [6.45, 7) is 6.24. The number of hydrogen-bond donors (Lipinski definition) is 2. The van der Waals surface area contributed by atoms with Crippen molar-refractivity contribution in [3.8, 4) is 22.6 Å². The summed E-state index contributed by atoms with van der Waals surface area (Å²) in [5.74, 6) is 1.41. The molecular weight excluding hydrogens is 388 g/mol. The first-order chi connectivity index (χ1) is 15.0. The van der Waals surface area contributed by atoms with E-state index in [1.54, 1.807) is 4.68 Å². The molecular formula is C23H28N8. The van der Waals surface area contributed by atoms with E-state index in [-0.39, 0.29) is 6.04 Å². The van der Waals surface area contributed by atoms with Crippen LogP contribution in [0.25, 0.3) is 33.5 Å². The standard InChI is InChI=1S/C23H28N8/c1-14(2)17-6-7-19(27-23(17)31-8-4-5-16(24)13-31)22-18-9-20(15-10-26-30(3)12-15)25-11-21(18)28-29-22/h6-7,9-12,14,16H,4-5,8,13,24H2,1-3H3,(H,28,29). The van der Waals surface area contributed by atoms with Gasteiger partial charge in [-0.15, -0.1) is 0 Å². The molecule has 1 aliphatic rings. The molecule has 4 aromatic rings.